The zero-order valence-corrected chi connectivity index (χ0v) is 13.5. The SMILES string of the molecule is Cc1nccn1-c1ccc(CN=C(N)N2CCSCC2)cn1. The molecule has 1 aliphatic rings. The number of hydrogen-bond acceptors (Lipinski definition) is 4. The number of hydrogen-bond donors (Lipinski definition) is 1. The van der Waals surface area contributed by atoms with Crippen molar-refractivity contribution >= 4 is 17.7 Å². The number of pyridine rings is 1. The summed E-state index contributed by atoms with van der Waals surface area (Å²) in [4.78, 5) is 15.3. The highest BCUT2D eigenvalue weighted by atomic mass is 32.2. The minimum absolute atomic E-state index is 0.561. The number of rotatable bonds is 3. The van der Waals surface area contributed by atoms with Crippen molar-refractivity contribution in [2.45, 2.75) is 13.5 Å². The third-order valence-corrected chi connectivity index (χ3v) is 4.58. The molecule has 3 heterocycles. The van der Waals surface area contributed by atoms with Crippen LogP contribution in [0.1, 0.15) is 11.4 Å². The molecule has 0 aromatic carbocycles. The Morgan fingerprint density at radius 2 is 2.14 bits per heavy atom. The topological polar surface area (TPSA) is 72.3 Å². The van der Waals surface area contributed by atoms with Crippen molar-refractivity contribution in [1.29, 1.82) is 0 Å². The molecule has 22 heavy (non-hydrogen) atoms. The zero-order valence-electron chi connectivity index (χ0n) is 12.6. The lowest BCUT2D eigenvalue weighted by molar-refractivity contribution is 0.455. The largest absolute Gasteiger partial charge is 0.370 e. The second-order valence-electron chi connectivity index (χ2n) is 5.14. The van der Waals surface area contributed by atoms with Crippen molar-refractivity contribution in [1.82, 2.24) is 19.4 Å². The second kappa shape index (κ2) is 6.83. The lowest BCUT2D eigenvalue weighted by Gasteiger charge is -2.27. The van der Waals surface area contributed by atoms with Crippen molar-refractivity contribution in [2.75, 3.05) is 24.6 Å². The van der Waals surface area contributed by atoms with Crippen molar-refractivity contribution in [2.24, 2.45) is 10.7 Å². The van der Waals surface area contributed by atoms with Gasteiger partial charge in [0.1, 0.15) is 11.6 Å². The van der Waals surface area contributed by atoms with Gasteiger partial charge >= 0.3 is 0 Å². The van der Waals surface area contributed by atoms with Crippen LogP contribution in [-0.4, -0.2) is 50.0 Å². The number of aromatic nitrogens is 3. The number of guanidine groups is 1. The lowest BCUT2D eigenvalue weighted by Crippen LogP contribution is -2.42. The summed E-state index contributed by atoms with van der Waals surface area (Å²) < 4.78 is 1.95. The molecule has 2 aromatic heterocycles. The van der Waals surface area contributed by atoms with Crippen molar-refractivity contribution < 1.29 is 0 Å². The van der Waals surface area contributed by atoms with E-state index in [4.69, 9.17) is 5.73 Å². The molecule has 1 fully saturated rings. The predicted molar refractivity (Wildman–Crippen MR) is 90.3 cm³/mol. The van der Waals surface area contributed by atoms with Crippen LogP contribution in [0.15, 0.2) is 35.7 Å². The lowest BCUT2D eigenvalue weighted by atomic mass is 10.3. The van der Waals surface area contributed by atoms with E-state index < -0.39 is 0 Å². The molecule has 116 valence electrons. The van der Waals surface area contributed by atoms with Gasteiger partial charge < -0.3 is 10.6 Å². The summed E-state index contributed by atoms with van der Waals surface area (Å²) in [7, 11) is 0. The Labute approximate surface area is 134 Å². The Kier molecular flexibility index (Phi) is 4.62. The first kappa shape index (κ1) is 14.9. The van der Waals surface area contributed by atoms with Crippen LogP contribution in [0.4, 0.5) is 0 Å². The van der Waals surface area contributed by atoms with Gasteiger partial charge in [-0.1, -0.05) is 6.07 Å². The Morgan fingerprint density at radius 1 is 1.32 bits per heavy atom. The van der Waals surface area contributed by atoms with E-state index in [1.807, 2.05) is 47.8 Å². The normalized spacial score (nSPS) is 16.0. The van der Waals surface area contributed by atoms with Crippen LogP contribution in [0, 0.1) is 6.92 Å². The van der Waals surface area contributed by atoms with E-state index in [9.17, 15) is 0 Å². The van der Waals surface area contributed by atoms with E-state index in [1.165, 1.54) is 0 Å². The fraction of sp³-hybridized carbons (Fsp3) is 0.400. The van der Waals surface area contributed by atoms with Gasteiger partial charge in [-0.3, -0.25) is 4.57 Å². The molecule has 2 N–H and O–H groups in total. The molecule has 0 aliphatic carbocycles. The van der Waals surface area contributed by atoms with Crippen molar-refractivity contribution in [3.63, 3.8) is 0 Å². The molecule has 0 spiro atoms. The monoisotopic (exact) mass is 316 g/mol. The first-order valence-electron chi connectivity index (χ1n) is 7.32. The molecule has 0 atom stereocenters. The molecule has 0 amide bonds. The van der Waals surface area contributed by atoms with Gasteiger partial charge in [0.15, 0.2) is 5.96 Å². The van der Waals surface area contributed by atoms with Crippen molar-refractivity contribution in [3.05, 3.63) is 42.1 Å². The first-order valence-corrected chi connectivity index (χ1v) is 8.47. The summed E-state index contributed by atoms with van der Waals surface area (Å²) in [6.45, 7) is 4.48. The van der Waals surface area contributed by atoms with E-state index in [-0.39, 0.29) is 0 Å². The van der Waals surface area contributed by atoms with Gasteiger partial charge in [-0.05, 0) is 18.6 Å². The highest BCUT2D eigenvalue weighted by Gasteiger charge is 2.11. The van der Waals surface area contributed by atoms with Gasteiger partial charge in [0.05, 0.1) is 6.54 Å². The maximum absolute atomic E-state index is 6.06. The van der Waals surface area contributed by atoms with E-state index in [0.717, 1.165) is 41.8 Å². The van der Waals surface area contributed by atoms with Crippen LogP contribution in [0.5, 0.6) is 0 Å². The maximum atomic E-state index is 6.06. The minimum Gasteiger partial charge on any atom is -0.370 e. The molecule has 1 saturated heterocycles. The summed E-state index contributed by atoms with van der Waals surface area (Å²) in [5, 5.41) is 0. The maximum Gasteiger partial charge on any atom is 0.191 e. The molecule has 0 radical (unpaired) electrons. The Morgan fingerprint density at radius 3 is 2.77 bits per heavy atom. The fourth-order valence-corrected chi connectivity index (χ4v) is 3.24. The van der Waals surface area contributed by atoms with E-state index in [1.54, 1.807) is 6.20 Å². The molecule has 0 bridgehead atoms. The molecule has 0 unspecified atom stereocenters. The van der Waals surface area contributed by atoms with Crippen LogP contribution in [0.3, 0.4) is 0 Å². The van der Waals surface area contributed by atoms with Gasteiger partial charge in [0, 0.05) is 43.2 Å². The van der Waals surface area contributed by atoms with Gasteiger partial charge in [-0.2, -0.15) is 11.8 Å². The van der Waals surface area contributed by atoms with Crippen LogP contribution < -0.4 is 5.73 Å². The number of thioether (sulfide) groups is 1. The number of nitrogens with zero attached hydrogens (tertiary/aromatic N) is 5. The third-order valence-electron chi connectivity index (χ3n) is 3.64. The molecule has 2 aromatic rings. The van der Waals surface area contributed by atoms with Crippen LogP contribution >= 0.6 is 11.8 Å². The Bertz CT molecular complexity index is 642. The zero-order chi connectivity index (χ0) is 15.4. The summed E-state index contributed by atoms with van der Waals surface area (Å²) in [6.07, 6.45) is 5.52. The Hall–Kier alpha value is -2.02. The molecule has 1 aliphatic heterocycles. The second-order valence-corrected chi connectivity index (χ2v) is 6.37. The fourth-order valence-electron chi connectivity index (χ4n) is 2.34. The van der Waals surface area contributed by atoms with E-state index in [2.05, 4.69) is 19.9 Å². The summed E-state index contributed by atoms with van der Waals surface area (Å²) in [6, 6.07) is 4.01. The third kappa shape index (κ3) is 3.41. The van der Waals surface area contributed by atoms with Gasteiger partial charge in [-0.25, -0.2) is 15.0 Å². The molecule has 7 heteroatoms. The minimum atomic E-state index is 0.561. The van der Waals surface area contributed by atoms with E-state index in [0.29, 0.717) is 12.5 Å². The molecule has 3 rings (SSSR count). The van der Waals surface area contributed by atoms with E-state index >= 15 is 0 Å². The molecule has 6 nitrogen and oxygen atoms in total. The van der Waals surface area contributed by atoms with Gasteiger partial charge in [-0.15, -0.1) is 0 Å². The van der Waals surface area contributed by atoms with Gasteiger partial charge in [0.25, 0.3) is 0 Å². The van der Waals surface area contributed by atoms with Crippen LogP contribution in [0.25, 0.3) is 5.82 Å². The number of nitrogens with two attached hydrogens (primary N) is 1. The quantitative estimate of drug-likeness (QED) is 0.685. The summed E-state index contributed by atoms with van der Waals surface area (Å²) >= 11 is 1.96. The van der Waals surface area contributed by atoms with Crippen molar-refractivity contribution in [3.8, 4) is 5.82 Å². The summed E-state index contributed by atoms with van der Waals surface area (Å²) in [5.41, 5.74) is 7.11. The Balaban J connectivity index is 1.65. The number of imidazole rings is 1. The van der Waals surface area contributed by atoms with Gasteiger partial charge in [0.2, 0.25) is 0 Å². The molecule has 0 saturated carbocycles. The molecular formula is C15H20N6S. The van der Waals surface area contributed by atoms with Crippen LogP contribution in [-0.2, 0) is 6.54 Å². The predicted octanol–water partition coefficient (Wildman–Crippen LogP) is 1.44. The highest BCUT2D eigenvalue weighted by molar-refractivity contribution is 7.99. The average molecular weight is 316 g/mol. The first-order chi connectivity index (χ1) is 10.7. The standard InChI is InChI=1S/C15H20N6S/c1-12-17-4-5-21(12)14-3-2-13(10-18-14)11-19-15(16)20-6-8-22-9-7-20/h2-5,10H,6-9,11H2,1H3,(H2,16,19). The number of aliphatic imine (C=N–C) groups is 1. The smallest absolute Gasteiger partial charge is 0.191 e. The average Bonchev–Trinajstić information content (AvgIpc) is 3.00. The van der Waals surface area contributed by atoms with Crippen LogP contribution in [0.2, 0.25) is 0 Å². The number of aryl methyl sites for hydroxylation is 1. The molecular weight excluding hydrogens is 296 g/mol. The summed E-state index contributed by atoms with van der Waals surface area (Å²) in [5.74, 6) is 4.66. The highest BCUT2D eigenvalue weighted by Crippen LogP contribution is 2.11.